The van der Waals surface area contributed by atoms with Crippen molar-refractivity contribution in [1.29, 1.82) is 0 Å². The van der Waals surface area contributed by atoms with E-state index in [9.17, 15) is 4.79 Å². The average molecular weight is 159 g/mol. The smallest absolute Gasteiger partial charge is 0.374 e. The third-order valence-electron chi connectivity index (χ3n) is 0.839. The molecule has 0 aromatic heterocycles. The minimum absolute atomic E-state index is 0.00944. The molecule has 0 aromatic rings. The second-order valence-corrected chi connectivity index (χ2v) is 1.97. The second kappa shape index (κ2) is 4.73. The molecule has 0 fully saturated rings. The molecule has 0 aliphatic carbocycles. The molecular weight excluding hydrogens is 146 g/mol. The molecule has 0 saturated carbocycles. The molecule has 0 radical (unpaired) electrons. The quantitative estimate of drug-likeness (QED) is 0.279. The van der Waals surface area contributed by atoms with Crippen molar-refractivity contribution >= 4 is 5.97 Å². The predicted molar refractivity (Wildman–Crippen MR) is 40.5 cm³/mol. The van der Waals surface area contributed by atoms with E-state index in [1.807, 2.05) is 0 Å². The molecule has 1 atom stereocenters. The van der Waals surface area contributed by atoms with Crippen molar-refractivity contribution in [2.45, 2.75) is 20.1 Å². The molecule has 0 bridgehead atoms. The highest BCUT2D eigenvalue weighted by atomic mass is 16.6. The Balaban J connectivity index is 3.74. The van der Waals surface area contributed by atoms with Crippen LogP contribution in [-0.2, 0) is 14.3 Å². The number of hydrogen-bond acceptors (Lipinski definition) is 4. The van der Waals surface area contributed by atoms with E-state index < -0.39 is 12.2 Å². The first-order chi connectivity index (χ1) is 5.07. The summed E-state index contributed by atoms with van der Waals surface area (Å²) in [6, 6.07) is 0. The van der Waals surface area contributed by atoms with Crippen LogP contribution in [0.25, 0.3) is 0 Å². The van der Waals surface area contributed by atoms with E-state index >= 15 is 0 Å². The summed E-state index contributed by atoms with van der Waals surface area (Å²) in [4.78, 5) is 10.8. The molecule has 0 rings (SSSR count). The summed E-state index contributed by atoms with van der Waals surface area (Å²) < 4.78 is 9.36. The van der Waals surface area contributed by atoms with E-state index in [1.54, 1.807) is 13.8 Å². The van der Waals surface area contributed by atoms with Gasteiger partial charge in [-0.3, -0.25) is 5.73 Å². The molecule has 1 unspecified atom stereocenters. The summed E-state index contributed by atoms with van der Waals surface area (Å²) >= 11 is 0. The van der Waals surface area contributed by atoms with Crippen LogP contribution in [0.5, 0.6) is 0 Å². The molecule has 0 aliphatic rings. The van der Waals surface area contributed by atoms with E-state index in [-0.39, 0.29) is 5.76 Å². The molecule has 64 valence electrons. The molecule has 0 spiro atoms. The van der Waals surface area contributed by atoms with Gasteiger partial charge in [0.15, 0.2) is 5.76 Å². The zero-order valence-electron chi connectivity index (χ0n) is 6.79. The summed E-state index contributed by atoms with van der Waals surface area (Å²) in [5.74, 6) is -0.619. The van der Waals surface area contributed by atoms with Crippen molar-refractivity contribution in [3.63, 3.8) is 0 Å². The molecule has 4 nitrogen and oxygen atoms in total. The SMILES string of the molecule is C=C(OCC)C(=O)OC(C)N. The van der Waals surface area contributed by atoms with Crippen LogP contribution in [0, 0.1) is 0 Å². The van der Waals surface area contributed by atoms with Crippen molar-refractivity contribution in [2.75, 3.05) is 6.61 Å². The van der Waals surface area contributed by atoms with E-state index in [2.05, 4.69) is 11.3 Å². The predicted octanol–water partition coefficient (Wildman–Crippen LogP) is 0.384. The first-order valence-electron chi connectivity index (χ1n) is 3.36. The van der Waals surface area contributed by atoms with Crippen LogP contribution in [-0.4, -0.2) is 18.8 Å². The first-order valence-corrected chi connectivity index (χ1v) is 3.36. The topological polar surface area (TPSA) is 61.5 Å². The molecule has 0 aromatic carbocycles. The van der Waals surface area contributed by atoms with Crippen molar-refractivity contribution in [3.8, 4) is 0 Å². The van der Waals surface area contributed by atoms with Crippen molar-refractivity contribution in [2.24, 2.45) is 5.73 Å². The minimum Gasteiger partial charge on any atom is -0.487 e. The second-order valence-electron chi connectivity index (χ2n) is 1.97. The highest BCUT2D eigenvalue weighted by Crippen LogP contribution is 1.97. The Morgan fingerprint density at radius 1 is 1.73 bits per heavy atom. The number of esters is 1. The zero-order valence-corrected chi connectivity index (χ0v) is 6.79. The van der Waals surface area contributed by atoms with Gasteiger partial charge in [0.2, 0.25) is 0 Å². The Hall–Kier alpha value is -1.03. The summed E-state index contributed by atoms with van der Waals surface area (Å²) in [6.45, 7) is 7.05. The van der Waals surface area contributed by atoms with Gasteiger partial charge >= 0.3 is 5.97 Å². The third-order valence-corrected chi connectivity index (χ3v) is 0.839. The number of nitrogens with two attached hydrogens (primary N) is 1. The van der Waals surface area contributed by atoms with E-state index in [4.69, 9.17) is 10.5 Å². The van der Waals surface area contributed by atoms with Gasteiger partial charge in [0.05, 0.1) is 6.61 Å². The normalized spacial score (nSPS) is 11.9. The van der Waals surface area contributed by atoms with E-state index in [0.29, 0.717) is 6.61 Å². The lowest BCUT2D eigenvalue weighted by atomic mass is 10.5. The average Bonchev–Trinajstić information content (AvgIpc) is 1.86. The number of rotatable bonds is 4. The largest absolute Gasteiger partial charge is 0.487 e. The lowest BCUT2D eigenvalue weighted by molar-refractivity contribution is -0.147. The fourth-order valence-electron chi connectivity index (χ4n) is 0.468. The first kappa shape index (κ1) is 9.97. The van der Waals surface area contributed by atoms with Crippen LogP contribution in [0.15, 0.2) is 12.3 Å². The minimum atomic E-state index is -0.625. The molecule has 0 aliphatic heterocycles. The highest BCUT2D eigenvalue weighted by Gasteiger charge is 2.10. The molecule has 2 N–H and O–H groups in total. The molecule has 4 heteroatoms. The van der Waals surface area contributed by atoms with E-state index in [1.165, 1.54) is 0 Å². The van der Waals surface area contributed by atoms with Crippen molar-refractivity contribution < 1.29 is 14.3 Å². The molecule has 0 heterocycles. The number of carbonyl (C=O) groups is 1. The van der Waals surface area contributed by atoms with Crippen LogP contribution in [0.3, 0.4) is 0 Å². The maximum absolute atomic E-state index is 10.8. The van der Waals surface area contributed by atoms with E-state index in [0.717, 1.165) is 0 Å². The van der Waals surface area contributed by atoms with Gasteiger partial charge in [-0.15, -0.1) is 0 Å². The van der Waals surface area contributed by atoms with Gasteiger partial charge in [-0.25, -0.2) is 4.79 Å². The van der Waals surface area contributed by atoms with Gasteiger partial charge in [-0.05, 0) is 20.4 Å². The molecule has 0 saturated heterocycles. The fraction of sp³-hybridized carbons (Fsp3) is 0.571. The monoisotopic (exact) mass is 159 g/mol. The van der Waals surface area contributed by atoms with Crippen molar-refractivity contribution in [1.82, 2.24) is 0 Å². The standard InChI is InChI=1S/C7H13NO3/c1-4-10-5(2)7(9)11-6(3)8/h6H,2,4,8H2,1,3H3. The lowest BCUT2D eigenvalue weighted by Crippen LogP contribution is -2.24. The maximum atomic E-state index is 10.8. The summed E-state index contributed by atoms with van der Waals surface area (Å²) in [6.07, 6.45) is -0.625. The zero-order chi connectivity index (χ0) is 8.85. The summed E-state index contributed by atoms with van der Waals surface area (Å²) in [7, 11) is 0. The van der Waals surface area contributed by atoms with Gasteiger partial charge < -0.3 is 9.47 Å². The van der Waals surface area contributed by atoms with Crippen LogP contribution in [0.4, 0.5) is 0 Å². The summed E-state index contributed by atoms with van der Waals surface area (Å²) in [5, 5.41) is 0. The van der Waals surface area contributed by atoms with Crippen LogP contribution < -0.4 is 5.73 Å². The number of carbonyl (C=O) groups excluding carboxylic acids is 1. The molecule has 11 heavy (non-hydrogen) atoms. The Morgan fingerprint density at radius 2 is 2.27 bits per heavy atom. The fourth-order valence-corrected chi connectivity index (χ4v) is 0.468. The van der Waals surface area contributed by atoms with Gasteiger partial charge in [0, 0.05) is 0 Å². The Morgan fingerprint density at radius 3 is 2.64 bits per heavy atom. The number of hydrogen-bond donors (Lipinski definition) is 1. The molecular formula is C7H13NO3. The molecule has 0 amide bonds. The van der Waals surface area contributed by atoms with Gasteiger partial charge in [0.1, 0.15) is 6.23 Å². The van der Waals surface area contributed by atoms with Crippen molar-refractivity contribution in [3.05, 3.63) is 12.3 Å². The Kier molecular flexibility index (Phi) is 4.29. The van der Waals surface area contributed by atoms with Gasteiger partial charge in [-0.2, -0.15) is 0 Å². The van der Waals surface area contributed by atoms with Crippen LogP contribution in [0.2, 0.25) is 0 Å². The third kappa shape index (κ3) is 4.38. The lowest BCUT2D eigenvalue weighted by Gasteiger charge is -2.09. The van der Waals surface area contributed by atoms with Crippen LogP contribution in [0.1, 0.15) is 13.8 Å². The van der Waals surface area contributed by atoms with Gasteiger partial charge in [0.25, 0.3) is 0 Å². The van der Waals surface area contributed by atoms with Gasteiger partial charge in [-0.1, -0.05) is 0 Å². The number of ether oxygens (including phenoxy) is 2. The van der Waals surface area contributed by atoms with Crippen LogP contribution >= 0.6 is 0 Å². The maximum Gasteiger partial charge on any atom is 0.374 e. The Labute approximate surface area is 66.0 Å². The summed E-state index contributed by atoms with van der Waals surface area (Å²) in [5.41, 5.74) is 5.19. The highest BCUT2D eigenvalue weighted by molar-refractivity contribution is 5.85. The Bertz CT molecular complexity index is 154.